The van der Waals surface area contributed by atoms with E-state index < -0.39 is 24.1 Å². The van der Waals surface area contributed by atoms with Crippen LogP contribution in [0.15, 0.2) is 97.1 Å². The highest BCUT2D eigenvalue weighted by molar-refractivity contribution is 5.34. The van der Waals surface area contributed by atoms with E-state index in [2.05, 4.69) is 27.7 Å². The first-order chi connectivity index (χ1) is 19.3. The second kappa shape index (κ2) is 13.4. The quantitative estimate of drug-likeness (QED) is 0.166. The van der Waals surface area contributed by atoms with Gasteiger partial charge in [0.15, 0.2) is 0 Å². The van der Waals surface area contributed by atoms with Gasteiger partial charge >= 0.3 is 0 Å². The molecule has 4 heteroatoms. The van der Waals surface area contributed by atoms with E-state index in [4.69, 9.17) is 4.74 Å². The summed E-state index contributed by atoms with van der Waals surface area (Å²) in [6, 6.07) is 30.7. The summed E-state index contributed by atoms with van der Waals surface area (Å²) in [7, 11) is 0. The summed E-state index contributed by atoms with van der Waals surface area (Å²) in [4.78, 5) is 0. The predicted molar refractivity (Wildman–Crippen MR) is 161 cm³/mol. The fourth-order valence-corrected chi connectivity index (χ4v) is 5.10. The summed E-state index contributed by atoms with van der Waals surface area (Å²) < 4.78 is 6.59. The molecule has 0 fully saturated rings. The highest BCUT2D eigenvalue weighted by atomic mass is 16.6. The molecular formula is C36H42O4. The first-order valence-electron chi connectivity index (χ1n) is 14.4. The van der Waals surface area contributed by atoms with Gasteiger partial charge in [-0.1, -0.05) is 125 Å². The average Bonchev–Trinajstić information content (AvgIpc) is 3.03. The smallest absolute Gasteiger partial charge is 0.224 e. The molecule has 0 aromatic heterocycles. The van der Waals surface area contributed by atoms with Gasteiger partial charge in [-0.25, -0.2) is 0 Å². The number of hydrogen-bond donors (Lipinski definition) is 3. The van der Waals surface area contributed by atoms with Gasteiger partial charge in [0.1, 0.15) is 18.3 Å². The van der Waals surface area contributed by atoms with Crippen LogP contribution in [-0.4, -0.2) is 15.3 Å². The van der Waals surface area contributed by atoms with Crippen molar-refractivity contribution < 1.29 is 20.1 Å². The number of aryl methyl sites for hydroxylation is 4. The number of benzene rings is 4. The molecule has 40 heavy (non-hydrogen) atoms. The Morgan fingerprint density at radius 3 is 1.57 bits per heavy atom. The summed E-state index contributed by atoms with van der Waals surface area (Å²) in [6.07, 6.45) is -0.0980. The van der Waals surface area contributed by atoms with Crippen molar-refractivity contribution in [3.8, 4) is 0 Å². The van der Waals surface area contributed by atoms with E-state index in [1.165, 1.54) is 0 Å². The van der Waals surface area contributed by atoms with E-state index in [9.17, 15) is 15.3 Å². The lowest BCUT2D eigenvalue weighted by Crippen LogP contribution is -2.39. The first-order valence-corrected chi connectivity index (χ1v) is 14.4. The summed E-state index contributed by atoms with van der Waals surface area (Å²) in [5.74, 6) is -2.14. The second-order valence-corrected chi connectivity index (χ2v) is 10.4. The zero-order chi connectivity index (χ0) is 28.7. The molecule has 4 atom stereocenters. The molecule has 0 spiro atoms. The van der Waals surface area contributed by atoms with Crippen molar-refractivity contribution in [2.45, 2.75) is 77.5 Å². The molecule has 0 amide bonds. The van der Waals surface area contributed by atoms with E-state index in [1.54, 1.807) is 18.2 Å². The molecule has 4 rings (SSSR count). The monoisotopic (exact) mass is 538 g/mol. The largest absolute Gasteiger partial charge is 0.385 e. The number of rotatable bonds is 12. The minimum absolute atomic E-state index is 0.420. The van der Waals surface area contributed by atoms with Crippen LogP contribution < -0.4 is 0 Å². The highest BCUT2D eigenvalue weighted by Crippen LogP contribution is 2.44. The molecule has 210 valence electrons. The van der Waals surface area contributed by atoms with Crippen LogP contribution in [0, 0.1) is 0 Å². The van der Waals surface area contributed by atoms with Crippen molar-refractivity contribution in [3.05, 3.63) is 142 Å². The van der Waals surface area contributed by atoms with Crippen molar-refractivity contribution in [2.24, 2.45) is 0 Å². The Hall–Kier alpha value is -3.28. The molecule has 0 heterocycles. The Balaban J connectivity index is 1.85. The summed E-state index contributed by atoms with van der Waals surface area (Å²) >= 11 is 0. The van der Waals surface area contributed by atoms with Crippen LogP contribution in [-0.2, 0) is 36.2 Å². The molecule has 4 unspecified atom stereocenters. The predicted octanol–water partition coefficient (Wildman–Crippen LogP) is 7.31. The van der Waals surface area contributed by atoms with Gasteiger partial charge in [0, 0.05) is 5.56 Å². The topological polar surface area (TPSA) is 69.9 Å². The minimum Gasteiger partial charge on any atom is -0.385 e. The lowest BCUT2D eigenvalue weighted by molar-refractivity contribution is -0.304. The molecule has 0 saturated carbocycles. The van der Waals surface area contributed by atoms with Gasteiger partial charge in [0.05, 0.1) is 0 Å². The fourth-order valence-electron chi connectivity index (χ4n) is 5.10. The molecule has 3 N–H and O–H groups in total. The van der Waals surface area contributed by atoms with Crippen LogP contribution >= 0.6 is 0 Å². The molecule has 0 saturated heterocycles. The molecule has 4 nitrogen and oxygen atoms in total. The Bertz CT molecular complexity index is 1360. The van der Waals surface area contributed by atoms with Crippen LogP contribution in [0.4, 0.5) is 0 Å². The number of aliphatic hydroxyl groups is 3. The minimum atomic E-state index is -2.14. The van der Waals surface area contributed by atoms with Crippen molar-refractivity contribution >= 4 is 0 Å². The van der Waals surface area contributed by atoms with E-state index in [0.29, 0.717) is 22.3 Å². The van der Waals surface area contributed by atoms with Crippen molar-refractivity contribution in [1.29, 1.82) is 0 Å². The third-order valence-electron chi connectivity index (χ3n) is 7.83. The highest BCUT2D eigenvalue weighted by Gasteiger charge is 2.44. The SMILES string of the molecule is CCc1ccc(C(OC(O)(c2ccc(CC)cc2)C(O)c2cccc(CC)c2)C(O)c2cccc(CC)c2)cc1. The van der Waals surface area contributed by atoms with Gasteiger partial charge in [-0.3, -0.25) is 0 Å². The van der Waals surface area contributed by atoms with Gasteiger partial charge in [-0.2, -0.15) is 0 Å². The third-order valence-corrected chi connectivity index (χ3v) is 7.83. The fraction of sp³-hybridized carbons (Fsp3) is 0.333. The zero-order valence-corrected chi connectivity index (χ0v) is 24.0. The summed E-state index contributed by atoms with van der Waals surface area (Å²) in [5, 5.41) is 36.0. The van der Waals surface area contributed by atoms with Gasteiger partial charge in [0.25, 0.3) is 0 Å². The Morgan fingerprint density at radius 1 is 0.575 bits per heavy atom. The van der Waals surface area contributed by atoms with Gasteiger partial charge < -0.3 is 20.1 Å². The van der Waals surface area contributed by atoms with Crippen molar-refractivity contribution in [1.82, 2.24) is 0 Å². The van der Waals surface area contributed by atoms with Crippen LogP contribution in [0.1, 0.15) is 90.5 Å². The van der Waals surface area contributed by atoms with Crippen molar-refractivity contribution in [2.75, 3.05) is 0 Å². The Kier molecular flexibility index (Phi) is 9.94. The van der Waals surface area contributed by atoms with Gasteiger partial charge in [0.2, 0.25) is 5.79 Å². The standard InChI is InChI=1S/C36H42O4/c1-5-25-15-19-29(20-16-25)34(33(37)30-13-9-11-27(7-3)23-30)40-36(39,32-21-17-26(6-2)18-22-32)35(38)31-14-10-12-28(8-4)24-31/h9-24,33-35,37-39H,5-8H2,1-4H3. The third kappa shape index (κ3) is 6.54. The number of hydrogen-bond acceptors (Lipinski definition) is 4. The Morgan fingerprint density at radius 2 is 1.05 bits per heavy atom. The average molecular weight is 539 g/mol. The molecule has 4 aromatic carbocycles. The lowest BCUT2D eigenvalue weighted by Gasteiger charge is -2.38. The lowest BCUT2D eigenvalue weighted by atomic mass is 9.90. The van der Waals surface area contributed by atoms with Crippen molar-refractivity contribution in [3.63, 3.8) is 0 Å². The maximum atomic E-state index is 12.4. The molecule has 0 radical (unpaired) electrons. The Labute approximate surface area is 238 Å². The number of aliphatic hydroxyl groups excluding tert-OH is 2. The summed E-state index contributed by atoms with van der Waals surface area (Å²) in [6.45, 7) is 8.28. The molecule has 0 aliphatic heterocycles. The second-order valence-electron chi connectivity index (χ2n) is 10.4. The van der Waals surface area contributed by atoms with Gasteiger partial charge in [-0.15, -0.1) is 0 Å². The first kappa shape index (κ1) is 29.7. The maximum Gasteiger partial charge on any atom is 0.224 e. The molecule has 0 bridgehead atoms. The molecule has 4 aromatic rings. The molecule has 0 aliphatic rings. The van der Waals surface area contributed by atoms with Gasteiger partial charge in [-0.05, 0) is 64.6 Å². The van der Waals surface area contributed by atoms with Crippen LogP contribution in [0.25, 0.3) is 0 Å². The summed E-state index contributed by atoms with van der Waals surface area (Å²) in [5.41, 5.74) is 6.78. The normalized spacial score (nSPS) is 15.3. The van der Waals surface area contributed by atoms with E-state index in [0.717, 1.165) is 47.9 Å². The number of ether oxygens (including phenoxy) is 1. The van der Waals surface area contributed by atoms with E-state index in [1.807, 2.05) is 78.9 Å². The molecular weight excluding hydrogens is 496 g/mol. The molecule has 0 aliphatic carbocycles. The maximum absolute atomic E-state index is 12.4. The van der Waals surface area contributed by atoms with E-state index >= 15 is 0 Å². The van der Waals surface area contributed by atoms with Crippen LogP contribution in [0.5, 0.6) is 0 Å². The van der Waals surface area contributed by atoms with E-state index in [-0.39, 0.29) is 0 Å². The van der Waals surface area contributed by atoms with Crippen LogP contribution in [0.2, 0.25) is 0 Å². The van der Waals surface area contributed by atoms with Crippen LogP contribution in [0.3, 0.4) is 0 Å². The zero-order valence-electron chi connectivity index (χ0n) is 24.0.